The van der Waals surface area contributed by atoms with E-state index >= 15 is 0 Å². The van der Waals surface area contributed by atoms with E-state index in [0.29, 0.717) is 0 Å². The molecule has 0 aromatic rings. The molecule has 0 radical (unpaired) electrons. The highest BCUT2D eigenvalue weighted by Crippen LogP contribution is 2.28. The van der Waals surface area contributed by atoms with E-state index in [1.54, 1.807) is 0 Å². The number of amides is 1. The van der Waals surface area contributed by atoms with Crippen molar-refractivity contribution in [2.24, 2.45) is 11.0 Å². The van der Waals surface area contributed by atoms with Gasteiger partial charge in [-0.2, -0.15) is 5.10 Å². The highest BCUT2D eigenvalue weighted by molar-refractivity contribution is 5.88. The summed E-state index contributed by atoms with van der Waals surface area (Å²) >= 11 is 0. The third-order valence-corrected chi connectivity index (χ3v) is 4.74. The Labute approximate surface area is 115 Å². The minimum Gasteiger partial charge on any atom is -0.300 e. The monoisotopic (exact) mass is 263 g/mol. The van der Waals surface area contributed by atoms with Crippen LogP contribution in [0.15, 0.2) is 5.10 Å². The summed E-state index contributed by atoms with van der Waals surface area (Å²) in [5, 5.41) is 4.31. The summed E-state index contributed by atoms with van der Waals surface area (Å²) in [6.07, 6.45) is 11.1. The van der Waals surface area contributed by atoms with E-state index in [1.807, 2.05) is 0 Å². The van der Waals surface area contributed by atoms with E-state index < -0.39 is 0 Å². The first-order chi connectivity index (χ1) is 9.33. The Balaban J connectivity index is 1.43. The lowest BCUT2D eigenvalue weighted by Gasteiger charge is -2.37. The van der Waals surface area contributed by atoms with Crippen molar-refractivity contribution in [3.63, 3.8) is 0 Å². The van der Waals surface area contributed by atoms with Crippen molar-refractivity contribution in [3.8, 4) is 0 Å². The lowest BCUT2D eigenvalue weighted by molar-refractivity contribution is -0.122. The van der Waals surface area contributed by atoms with Crippen molar-refractivity contribution in [2.75, 3.05) is 13.1 Å². The summed E-state index contributed by atoms with van der Waals surface area (Å²) in [6.45, 7) is 2.26. The third kappa shape index (κ3) is 3.56. The van der Waals surface area contributed by atoms with Crippen molar-refractivity contribution in [1.29, 1.82) is 0 Å². The van der Waals surface area contributed by atoms with E-state index in [4.69, 9.17) is 0 Å². The molecule has 1 heterocycles. The molecule has 0 atom stereocenters. The molecule has 2 saturated carbocycles. The Morgan fingerprint density at radius 3 is 2.37 bits per heavy atom. The van der Waals surface area contributed by atoms with Crippen LogP contribution in [-0.2, 0) is 4.79 Å². The molecule has 3 aliphatic rings. The molecule has 0 spiro atoms. The van der Waals surface area contributed by atoms with Gasteiger partial charge in [-0.25, -0.2) is 5.43 Å². The first-order valence-electron chi connectivity index (χ1n) is 7.92. The molecule has 2 aliphatic carbocycles. The maximum absolute atomic E-state index is 11.5. The summed E-state index contributed by atoms with van der Waals surface area (Å²) in [5.41, 5.74) is 3.92. The second-order valence-corrected chi connectivity index (χ2v) is 6.26. The van der Waals surface area contributed by atoms with Crippen LogP contribution in [0.25, 0.3) is 0 Å². The molecule has 1 saturated heterocycles. The van der Waals surface area contributed by atoms with Crippen LogP contribution in [0.3, 0.4) is 0 Å². The van der Waals surface area contributed by atoms with Crippen LogP contribution in [-0.4, -0.2) is 35.7 Å². The molecule has 1 aliphatic heterocycles. The van der Waals surface area contributed by atoms with Gasteiger partial charge in [0.25, 0.3) is 0 Å². The molecule has 1 amide bonds. The molecular weight excluding hydrogens is 238 g/mol. The predicted molar refractivity (Wildman–Crippen MR) is 76.0 cm³/mol. The van der Waals surface area contributed by atoms with E-state index in [1.165, 1.54) is 37.8 Å². The number of likely N-dealkylation sites (tertiary alicyclic amines) is 1. The molecule has 3 fully saturated rings. The smallest absolute Gasteiger partial charge is 0.243 e. The van der Waals surface area contributed by atoms with E-state index in [2.05, 4.69) is 15.4 Å². The van der Waals surface area contributed by atoms with Crippen molar-refractivity contribution < 1.29 is 4.79 Å². The van der Waals surface area contributed by atoms with E-state index in [0.717, 1.165) is 44.8 Å². The second kappa shape index (κ2) is 6.04. The van der Waals surface area contributed by atoms with Crippen LogP contribution in [0.2, 0.25) is 0 Å². The Hall–Kier alpha value is -0.900. The summed E-state index contributed by atoms with van der Waals surface area (Å²) < 4.78 is 0. The van der Waals surface area contributed by atoms with Gasteiger partial charge < -0.3 is 0 Å². The van der Waals surface area contributed by atoms with Gasteiger partial charge in [0, 0.05) is 43.6 Å². The number of hydrazone groups is 1. The first kappa shape index (κ1) is 13.1. The molecule has 3 rings (SSSR count). The second-order valence-electron chi connectivity index (χ2n) is 6.26. The molecular formula is C15H25N3O. The van der Waals surface area contributed by atoms with E-state index in [-0.39, 0.29) is 11.8 Å². The zero-order valence-corrected chi connectivity index (χ0v) is 11.7. The Morgan fingerprint density at radius 1 is 1.05 bits per heavy atom. The fourth-order valence-electron chi connectivity index (χ4n) is 3.28. The topological polar surface area (TPSA) is 44.7 Å². The van der Waals surface area contributed by atoms with Crippen LogP contribution in [0.4, 0.5) is 0 Å². The van der Waals surface area contributed by atoms with Crippen LogP contribution < -0.4 is 5.43 Å². The Morgan fingerprint density at radius 2 is 1.74 bits per heavy atom. The summed E-state index contributed by atoms with van der Waals surface area (Å²) in [7, 11) is 0. The van der Waals surface area contributed by atoms with Gasteiger partial charge in [0.15, 0.2) is 0 Å². The van der Waals surface area contributed by atoms with Crippen molar-refractivity contribution >= 4 is 11.6 Å². The summed E-state index contributed by atoms with van der Waals surface area (Å²) in [4.78, 5) is 14.2. The number of hydrogen-bond donors (Lipinski definition) is 1. The maximum atomic E-state index is 11.5. The average Bonchev–Trinajstić information content (AvgIpc) is 3.31. The zero-order valence-electron chi connectivity index (χ0n) is 11.7. The van der Waals surface area contributed by atoms with Crippen LogP contribution >= 0.6 is 0 Å². The molecule has 0 bridgehead atoms. The van der Waals surface area contributed by atoms with Gasteiger partial charge in [0.05, 0.1) is 0 Å². The minimum absolute atomic E-state index is 0.127. The van der Waals surface area contributed by atoms with Gasteiger partial charge in [0.2, 0.25) is 5.91 Å². The van der Waals surface area contributed by atoms with Crippen molar-refractivity contribution in [1.82, 2.24) is 10.3 Å². The summed E-state index contributed by atoms with van der Waals surface area (Å²) in [5.74, 6) is 0.383. The Bertz CT molecular complexity index is 346. The third-order valence-electron chi connectivity index (χ3n) is 4.74. The maximum Gasteiger partial charge on any atom is 0.243 e. The fraction of sp³-hybridized carbons (Fsp3) is 0.867. The van der Waals surface area contributed by atoms with Gasteiger partial charge in [0.1, 0.15) is 0 Å². The molecule has 4 heteroatoms. The van der Waals surface area contributed by atoms with Gasteiger partial charge in [-0.1, -0.05) is 19.3 Å². The van der Waals surface area contributed by atoms with Crippen molar-refractivity contribution in [2.45, 2.75) is 63.8 Å². The van der Waals surface area contributed by atoms with Crippen LogP contribution in [0.5, 0.6) is 0 Å². The SMILES string of the molecule is O=C(NN=C1CCN(C2CCCCC2)CC1)C1CC1. The highest BCUT2D eigenvalue weighted by atomic mass is 16.2. The molecule has 0 unspecified atom stereocenters. The lowest BCUT2D eigenvalue weighted by atomic mass is 9.92. The molecule has 0 aromatic carbocycles. The number of piperidine rings is 1. The van der Waals surface area contributed by atoms with Gasteiger partial charge in [-0.3, -0.25) is 9.69 Å². The van der Waals surface area contributed by atoms with Crippen LogP contribution in [0.1, 0.15) is 57.8 Å². The van der Waals surface area contributed by atoms with Gasteiger partial charge in [-0.05, 0) is 25.7 Å². The zero-order chi connectivity index (χ0) is 13.1. The Kier molecular flexibility index (Phi) is 4.16. The van der Waals surface area contributed by atoms with Gasteiger partial charge >= 0.3 is 0 Å². The lowest BCUT2D eigenvalue weighted by Crippen LogP contribution is -2.42. The standard InChI is InChI=1S/C15H25N3O/c19-15(12-6-7-12)17-16-13-8-10-18(11-9-13)14-4-2-1-3-5-14/h12,14H,1-11H2,(H,17,19). The van der Waals surface area contributed by atoms with E-state index in [9.17, 15) is 4.79 Å². The predicted octanol–water partition coefficient (Wildman–Crippen LogP) is 2.30. The number of nitrogens with one attached hydrogen (secondary N) is 1. The quantitative estimate of drug-likeness (QED) is 0.794. The number of nitrogens with zero attached hydrogens (tertiary/aromatic N) is 2. The van der Waals surface area contributed by atoms with Gasteiger partial charge in [-0.15, -0.1) is 0 Å². The number of rotatable bonds is 3. The fourth-order valence-corrected chi connectivity index (χ4v) is 3.28. The van der Waals surface area contributed by atoms with Crippen LogP contribution in [0, 0.1) is 5.92 Å². The molecule has 1 N–H and O–H groups in total. The summed E-state index contributed by atoms with van der Waals surface area (Å²) in [6, 6.07) is 0.816. The highest BCUT2D eigenvalue weighted by Gasteiger charge is 2.30. The largest absolute Gasteiger partial charge is 0.300 e. The number of hydrogen-bond acceptors (Lipinski definition) is 3. The normalized spacial score (nSPS) is 26.2. The molecule has 4 nitrogen and oxygen atoms in total. The van der Waals surface area contributed by atoms with Crippen molar-refractivity contribution in [3.05, 3.63) is 0 Å². The molecule has 106 valence electrons. The number of carbonyl (C=O) groups excluding carboxylic acids is 1. The molecule has 19 heavy (non-hydrogen) atoms. The number of carbonyl (C=O) groups is 1. The first-order valence-corrected chi connectivity index (χ1v) is 7.92. The average molecular weight is 263 g/mol. The molecule has 0 aromatic heterocycles. The minimum atomic E-state index is 0.127.